The highest BCUT2D eigenvalue weighted by atomic mass is 19.1. The molecule has 96 valence electrons. The summed E-state index contributed by atoms with van der Waals surface area (Å²) in [5.74, 6) is -0.0111. The molecule has 0 spiro atoms. The molecule has 0 saturated heterocycles. The first-order valence-electron chi connectivity index (χ1n) is 5.67. The van der Waals surface area contributed by atoms with Gasteiger partial charge in [-0.05, 0) is 24.3 Å². The lowest BCUT2D eigenvalue weighted by molar-refractivity contribution is 0.0949. The summed E-state index contributed by atoms with van der Waals surface area (Å²) >= 11 is 0. The fraction of sp³-hybridized carbons (Fsp3) is 0.0769. The lowest BCUT2D eigenvalue weighted by atomic mass is 10.3. The third kappa shape index (κ3) is 2.33. The first kappa shape index (κ1) is 11.5. The number of furan rings is 1. The number of H-pyrrole nitrogens is 1. The summed E-state index contributed by atoms with van der Waals surface area (Å²) in [7, 11) is 0. The zero-order valence-corrected chi connectivity index (χ0v) is 9.81. The monoisotopic (exact) mass is 259 g/mol. The van der Waals surface area contributed by atoms with Gasteiger partial charge in [0, 0.05) is 0 Å². The number of fused-ring (bicyclic) bond motifs is 1. The van der Waals surface area contributed by atoms with Crippen molar-refractivity contribution in [1.82, 2.24) is 15.3 Å². The Balaban J connectivity index is 1.73. The highest BCUT2D eigenvalue weighted by molar-refractivity contribution is 5.93. The molecular formula is C13H10FN3O2. The normalized spacial score (nSPS) is 10.8. The number of hydrogen-bond donors (Lipinski definition) is 2. The number of benzene rings is 1. The number of nitrogens with zero attached hydrogens (tertiary/aromatic N) is 1. The Labute approximate surface area is 107 Å². The third-order valence-corrected chi connectivity index (χ3v) is 2.69. The van der Waals surface area contributed by atoms with Gasteiger partial charge < -0.3 is 14.7 Å². The standard InChI is InChI=1S/C13H10FN3O2/c14-9-1-2-10-11(5-9)17-12(16-10)6-15-13(18)8-3-4-19-7-8/h1-5,7H,6H2,(H,15,18)(H,16,17). The van der Waals surface area contributed by atoms with Gasteiger partial charge in [0.05, 0.1) is 29.4 Å². The van der Waals surface area contributed by atoms with E-state index in [1.807, 2.05) is 0 Å². The Bertz CT molecular complexity index is 719. The van der Waals surface area contributed by atoms with Gasteiger partial charge in [-0.1, -0.05) is 0 Å². The van der Waals surface area contributed by atoms with Crippen LogP contribution in [0.25, 0.3) is 11.0 Å². The van der Waals surface area contributed by atoms with E-state index in [1.165, 1.54) is 24.7 Å². The lowest BCUT2D eigenvalue weighted by Crippen LogP contribution is -2.22. The van der Waals surface area contributed by atoms with Crippen LogP contribution in [0.2, 0.25) is 0 Å². The van der Waals surface area contributed by atoms with Gasteiger partial charge in [-0.3, -0.25) is 4.79 Å². The fourth-order valence-electron chi connectivity index (χ4n) is 1.78. The van der Waals surface area contributed by atoms with Crippen LogP contribution in [-0.4, -0.2) is 15.9 Å². The molecular weight excluding hydrogens is 249 g/mol. The number of aromatic amines is 1. The molecule has 1 amide bonds. The van der Waals surface area contributed by atoms with Gasteiger partial charge >= 0.3 is 0 Å². The summed E-state index contributed by atoms with van der Waals surface area (Å²) in [6.07, 6.45) is 2.79. The number of hydrogen-bond acceptors (Lipinski definition) is 3. The number of rotatable bonds is 3. The molecule has 3 rings (SSSR count). The Morgan fingerprint density at radius 1 is 1.42 bits per heavy atom. The van der Waals surface area contributed by atoms with Crippen LogP contribution in [0.4, 0.5) is 4.39 Å². The maximum Gasteiger partial charge on any atom is 0.254 e. The average Bonchev–Trinajstić information content (AvgIpc) is 3.04. The predicted molar refractivity (Wildman–Crippen MR) is 65.9 cm³/mol. The van der Waals surface area contributed by atoms with Gasteiger partial charge in [0.2, 0.25) is 0 Å². The third-order valence-electron chi connectivity index (χ3n) is 2.69. The highest BCUT2D eigenvalue weighted by Gasteiger charge is 2.08. The zero-order chi connectivity index (χ0) is 13.2. The zero-order valence-electron chi connectivity index (χ0n) is 9.81. The molecule has 0 aliphatic heterocycles. The van der Waals surface area contributed by atoms with E-state index in [2.05, 4.69) is 15.3 Å². The summed E-state index contributed by atoms with van der Waals surface area (Å²) in [5.41, 5.74) is 1.71. The molecule has 3 aromatic rings. The minimum atomic E-state index is -0.329. The van der Waals surface area contributed by atoms with Gasteiger partial charge in [-0.2, -0.15) is 0 Å². The maximum atomic E-state index is 13.0. The van der Waals surface area contributed by atoms with Crippen molar-refractivity contribution >= 4 is 16.9 Å². The van der Waals surface area contributed by atoms with Crippen LogP contribution in [-0.2, 0) is 6.54 Å². The number of carbonyl (C=O) groups is 1. The van der Waals surface area contributed by atoms with Gasteiger partial charge in [0.15, 0.2) is 0 Å². The molecule has 0 fully saturated rings. The van der Waals surface area contributed by atoms with Crippen LogP contribution in [0.5, 0.6) is 0 Å². The topological polar surface area (TPSA) is 70.9 Å². The fourth-order valence-corrected chi connectivity index (χ4v) is 1.78. The van der Waals surface area contributed by atoms with E-state index in [0.29, 0.717) is 22.4 Å². The smallest absolute Gasteiger partial charge is 0.254 e. The number of amides is 1. The minimum Gasteiger partial charge on any atom is -0.472 e. The van der Waals surface area contributed by atoms with Crippen LogP contribution in [0, 0.1) is 5.82 Å². The molecule has 19 heavy (non-hydrogen) atoms. The molecule has 0 saturated carbocycles. The second-order valence-electron chi connectivity index (χ2n) is 4.04. The average molecular weight is 259 g/mol. The Kier molecular flexibility index (Phi) is 2.75. The summed E-state index contributed by atoms with van der Waals surface area (Å²) in [5, 5.41) is 2.69. The summed E-state index contributed by atoms with van der Waals surface area (Å²) in [4.78, 5) is 18.9. The van der Waals surface area contributed by atoms with Crippen LogP contribution >= 0.6 is 0 Å². The van der Waals surface area contributed by atoms with Gasteiger partial charge in [0.25, 0.3) is 5.91 Å². The molecule has 0 radical (unpaired) electrons. The molecule has 6 heteroatoms. The second kappa shape index (κ2) is 4.56. The molecule has 1 aromatic carbocycles. The van der Waals surface area contributed by atoms with Crippen LogP contribution in [0.15, 0.2) is 41.2 Å². The van der Waals surface area contributed by atoms with Crippen molar-refractivity contribution in [2.24, 2.45) is 0 Å². The van der Waals surface area contributed by atoms with Crippen LogP contribution in [0.3, 0.4) is 0 Å². The van der Waals surface area contributed by atoms with Crippen molar-refractivity contribution in [2.45, 2.75) is 6.54 Å². The Morgan fingerprint density at radius 3 is 3.11 bits per heavy atom. The van der Waals surface area contributed by atoms with E-state index in [0.717, 1.165) is 0 Å². The number of halogens is 1. The van der Waals surface area contributed by atoms with E-state index < -0.39 is 0 Å². The van der Waals surface area contributed by atoms with E-state index in [9.17, 15) is 9.18 Å². The number of carbonyl (C=O) groups excluding carboxylic acids is 1. The first-order chi connectivity index (χ1) is 9.22. The van der Waals surface area contributed by atoms with E-state index in [1.54, 1.807) is 12.1 Å². The predicted octanol–water partition coefficient (Wildman–Crippen LogP) is 2.22. The summed E-state index contributed by atoms with van der Waals surface area (Å²) in [6.45, 7) is 0.236. The van der Waals surface area contributed by atoms with E-state index in [4.69, 9.17) is 4.42 Å². The Morgan fingerprint density at radius 2 is 2.32 bits per heavy atom. The van der Waals surface area contributed by atoms with Crippen LogP contribution in [0.1, 0.15) is 16.2 Å². The van der Waals surface area contributed by atoms with Crippen LogP contribution < -0.4 is 5.32 Å². The molecule has 2 aromatic heterocycles. The van der Waals surface area contributed by atoms with Gasteiger partial charge in [-0.15, -0.1) is 0 Å². The van der Waals surface area contributed by atoms with Gasteiger partial charge in [0.1, 0.15) is 17.9 Å². The van der Waals surface area contributed by atoms with Crippen molar-refractivity contribution in [3.8, 4) is 0 Å². The number of aromatic nitrogens is 2. The van der Waals surface area contributed by atoms with Crippen molar-refractivity contribution in [3.05, 3.63) is 54.0 Å². The highest BCUT2D eigenvalue weighted by Crippen LogP contribution is 2.12. The second-order valence-corrected chi connectivity index (χ2v) is 4.04. The molecule has 2 heterocycles. The molecule has 0 aliphatic carbocycles. The van der Waals surface area contributed by atoms with Crippen molar-refractivity contribution < 1.29 is 13.6 Å². The molecule has 0 aliphatic rings. The maximum absolute atomic E-state index is 13.0. The Hall–Kier alpha value is -2.63. The summed E-state index contributed by atoms with van der Waals surface area (Å²) < 4.78 is 17.8. The molecule has 0 bridgehead atoms. The number of imidazole rings is 1. The van der Waals surface area contributed by atoms with Crippen molar-refractivity contribution in [2.75, 3.05) is 0 Å². The summed E-state index contributed by atoms with van der Waals surface area (Å²) in [6, 6.07) is 5.87. The van der Waals surface area contributed by atoms with Crippen molar-refractivity contribution in [3.63, 3.8) is 0 Å². The van der Waals surface area contributed by atoms with Gasteiger partial charge in [-0.25, -0.2) is 9.37 Å². The molecule has 2 N–H and O–H groups in total. The lowest BCUT2D eigenvalue weighted by Gasteiger charge is -1.99. The van der Waals surface area contributed by atoms with Crippen molar-refractivity contribution in [1.29, 1.82) is 0 Å². The first-order valence-corrected chi connectivity index (χ1v) is 5.67. The largest absolute Gasteiger partial charge is 0.472 e. The minimum absolute atomic E-state index is 0.236. The molecule has 0 atom stereocenters. The molecule has 5 nitrogen and oxygen atoms in total. The SMILES string of the molecule is O=C(NCc1nc2ccc(F)cc2[nH]1)c1ccoc1. The number of nitrogens with one attached hydrogen (secondary N) is 2. The van der Waals surface area contributed by atoms with E-state index in [-0.39, 0.29) is 18.3 Å². The molecule has 0 unspecified atom stereocenters. The van der Waals surface area contributed by atoms with E-state index >= 15 is 0 Å². The quantitative estimate of drug-likeness (QED) is 0.757.